The van der Waals surface area contributed by atoms with Gasteiger partial charge in [-0.25, -0.2) is 0 Å². The summed E-state index contributed by atoms with van der Waals surface area (Å²) >= 11 is 0. The summed E-state index contributed by atoms with van der Waals surface area (Å²) in [7, 11) is 0. The Hall–Kier alpha value is -0.120. The lowest BCUT2D eigenvalue weighted by Gasteiger charge is -2.29. The molecule has 20 heavy (non-hydrogen) atoms. The molecule has 3 nitrogen and oxygen atoms in total. The van der Waals surface area contributed by atoms with Gasteiger partial charge in [0, 0.05) is 12.1 Å². The SMILES string of the molecule is CCCNC(C)(CO)CCCCN1CCC(CCC)C1. The van der Waals surface area contributed by atoms with E-state index in [1.54, 1.807) is 0 Å². The highest BCUT2D eigenvalue weighted by Crippen LogP contribution is 2.21. The van der Waals surface area contributed by atoms with Crippen LogP contribution in [0, 0.1) is 5.92 Å². The molecule has 0 saturated carbocycles. The molecule has 2 atom stereocenters. The molecule has 1 aliphatic heterocycles. The zero-order valence-corrected chi connectivity index (χ0v) is 14.0. The van der Waals surface area contributed by atoms with E-state index >= 15 is 0 Å². The molecular weight excluding hydrogens is 248 g/mol. The number of unbranched alkanes of at least 4 members (excludes halogenated alkanes) is 1. The molecule has 0 aromatic heterocycles. The average Bonchev–Trinajstić information content (AvgIpc) is 2.89. The van der Waals surface area contributed by atoms with E-state index in [-0.39, 0.29) is 12.1 Å². The third kappa shape index (κ3) is 6.55. The maximum Gasteiger partial charge on any atom is 0.0610 e. The van der Waals surface area contributed by atoms with Gasteiger partial charge in [-0.15, -0.1) is 0 Å². The number of hydrogen-bond acceptors (Lipinski definition) is 3. The van der Waals surface area contributed by atoms with E-state index in [1.807, 2.05) is 0 Å². The quantitative estimate of drug-likeness (QED) is 0.573. The van der Waals surface area contributed by atoms with Crippen LogP contribution in [0.1, 0.15) is 65.7 Å². The minimum atomic E-state index is -0.0776. The van der Waals surface area contributed by atoms with E-state index in [4.69, 9.17) is 0 Å². The van der Waals surface area contributed by atoms with Gasteiger partial charge < -0.3 is 15.3 Å². The van der Waals surface area contributed by atoms with Gasteiger partial charge >= 0.3 is 0 Å². The highest BCUT2D eigenvalue weighted by molar-refractivity contribution is 4.82. The molecule has 0 spiro atoms. The van der Waals surface area contributed by atoms with Crippen LogP contribution in [0.2, 0.25) is 0 Å². The smallest absolute Gasteiger partial charge is 0.0610 e. The topological polar surface area (TPSA) is 35.5 Å². The van der Waals surface area contributed by atoms with Gasteiger partial charge in [-0.2, -0.15) is 0 Å². The van der Waals surface area contributed by atoms with Crippen molar-refractivity contribution >= 4 is 0 Å². The molecule has 2 N–H and O–H groups in total. The van der Waals surface area contributed by atoms with Gasteiger partial charge in [0.05, 0.1) is 6.61 Å². The Morgan fingerprint density at radius 3 is 2.70 bits per heavy atom. The summed E-state index contributed by atoms with van der Waals surface area (Å²) < 4.78 is 0. The van der Waals surface area contributed by atoms with Gasteiger partial charge in [0.1, 0.15) is 0 Å². The molecule has 0 aromatic rings. The van der Waals surface area contributed by atoms with Crippen LogP contribution in [-0.4, -0.2) is 48.3 Å². The number of aliphatic hydroxyl groups is 1. The van der Waals surface area contributed by atoms with E-state index in [0.717, 1.165) is 25.3 Å². The number of aliphatic hydroxyl groups excluding tert-OH is 1. The molecule has 3 heteroatoms. The summed E-state index contributed by atoms with van der Waals surface area (Å²) in [4.78, 5) is 2.64. The van der Waals surface area contributed by atoms with Crippen molar-refractivity contribution in [2.75, 3.05) is 32.8 Å². The largest absolute Gasteiger partial charge is 0.394 e. The first-order valence-electron chi connectivity index (χ1n) is 8.71. The number of hydrogen-bond donors (Lipinski definition) is 2. The first-order chi connectivity index (χ1) is 9.63. The number of nitrogens with zero attached hydrogens (tertiary/aromatic N) is 1. The van der Waals surface area contributed by atoms with E-state index in [9.17, 15) is 5.11 Å². The lowest BCUT2D eigenvalue weighted by Crippen LogP contribution is -2.46. The van der Waals surface area contributed by atoms with Crippen LogP contribution in [0.4, 0.5) is 0 Å². The summed E-state index contributed by atoms with van der Waals surface area (Å²) in [5.74, 6) is 0.953. The fourth-order valence-corrected chi connectivity index (χ4v) is 3.26. The average molecular weight is 284 g/mol. The molecule has 1 aliphatic rings. The second-order valence-corrected chi connectivity index (χ2v) is 6.85. The van der Waals surface area contributed by atoms with Crippen LogP contribution in [0.3, 0.4) is 0 Å². The Balaban J connectivity index is 2.11. The van der Waals surface area contributed by atoms with Crippen molar-refractivity contribution in [1.29, 1.82) is 0 Å². The molecule has 0 radical (unpaired) electrons. The van der Waals surface area contributed by atoms with Crippen molar-refractivity contribution in [3.05, 3.63) is 0 Å². The summed E-state index contributed by atoms with van der Waals surface area (Å²) in [5.41, 5.74) is -0.0776. The van der Waals surface area contributed by atoms with Crippen molar-refractivity contribution in [2.24, 2.45) is 5.92 Å². The van der Waals surface area contributed by atoms with E-state index in [0.29, 0.717) is 0 Å². The maximum absolute atomic E-state index is 9.54. The zero-order valence-electron chi connectivity index (χ0n) is 14.0. The van der Waals surface area contributed by atoms with Gasteiger partial charge in [0.15, 0.2) is 0 Å². The first kappa shape index (κ1) is 17.9. The minimum Gasteiger partial charge on any atom is -0.394 e. The van der Waals surface area contributed by atoms with Gasteiger partial charge in [-0.1, -0.05) is 26.7 Å². The fourth-order valence-electron chi connectivity index (χ4n) is 3.26. The lowest BCUT2D eigenvalue weighted by molar-refractivity contribution is 0.161. The fraction of sp³-hybridized carbons (Fsp3) is 1.00. The molecular formula is C17H36N2O. The number of rotatable bonds is 11. The van der Waals surface area contributed by atoms with E-state index in [2.05, 4.69) is 31.0 Å². The van der Waals surface area contributed by atoms with Gasteiger partial charge in [0.25, 0.3) is 0 Å². The Bertz CT molecular complexity index is 247. The summed E-state index contributed by atoms with van der Waals surface area (Å²) in [6.07, 6.45) is 8.82. The Morgan fingerprint density at radius 1 is 1.25 bits per heavy atom. The molecule has 1 fully saturated rings. The van der Waals surface area contributed by atoms with Gasteiger partial charge in [-0.3, -0.25) is 0 Å². The first-order valence-corrected chi connectivity index (χ1v) is 8.71. The van der Waals surface area contributed by atoms with Crippen LogP contribution in [0.5, 0.6) is 0 Å². The standard InChI is InChI=1S/C17H36N2O/c1-4-8-16-9-13-19(14-16)12-7-6-10-17(3,15-20)18-11-5-2/h16,18,20H,4-15H2,1-3H3. The van der Waals surface area contributed by atoms with Crippen molar-refractivity contribution in [1.82, 2.24) is 10.2 Å². The molecule has 0 amide bonds. The summed E-state index contributed by atoms with van der Waals surface area (Å²) in [6, 6.07) is 0. The van der Waals surface area contributed by atoms with Crippen molar-refractivity contribution in [3.8, 4) is 0 Å². The number of likely N-dealkylation sites (tertiary alicyclic amines) is 1. The van der Waals surface area contributed by atoms with Crippen LogP contribution < -0.4 is 5.32 Å². The lowest BCUT2D eigenvalue weighted by atomic mass is 9.95. The summed E-state index contributed by atoms with van der Waals surface area (Å²) in [5, 5.41) is 13.0. The third-order valence-corrected chi connectivity index (χ3v) is 4.67. The van der Waals surface area contributed by atoms with Crippen molar-refractivity contribution in [3.63, 3.8) is 0 Å². The minimum absolute atomic E-state index is 0.0776. The van der Waals surface area contributed by atoms with Crippen LogP contribution in [0.15, 0.2) is 0 Å². The number of nitrogens with one attached hydrogen (secondary N) is 1. The molecule has 0 aliphatic carbocycles. The highest BCUT2D eigenvalue weighted by atomic mass is 16.3. The van der Waals surface area contributed by atoms with Crippen LogP contribution in [-0.2, 0) is 0 Å². The molecule has 1 rings (SSSR count). The second kappa shape index (κ2) is 9.75. The molecule has 1 saturated heterocycles. The predicted molar refractivity (Wildman–Crippen MR) is 87.1 cm³/mol. The van der Waals surface area contributed by atoms with Gasteiger partial charge in [-0.05, 0) is 64.6 Å². The molecule has 2 unspecified atom stereocenters. The Labute approximate surface area is 126 Å². The highest BCUT2D eigenvalue weighted by Gasteiger charge is 2.23. The monoisotopic (exact) mass is 284 g/mol. The third-order valence-electron chi connectivity index (χ3n) is 4.67. The Kier molecular flexibility index (Phi) is 8.74. The predicted octanol–water partition coefficient (Wildman–Crippen LogP) is 3.03. The summed E-state index contributed by atoms with van der Waals surface area (Å²) in [6.45, 7) is 11.7. The maximum atomic E-state index is 9.54. The van der Waals surface area contributed by atoms with Crippen molar-refractivity contribution in [2.45, 2.75) is 71.3 Å². The molecule has 0 aromatic carbocycles. The van der Waals surface area contributed by atoms with Crippen LogP contribution >= 0.6 is 0 Å². The van der Waals surface area contributed by atoms with Crippen molar-refractivity contribution < 1.29 is 5.11 Å². The van der Waals surface area contributed by atoms with Gasteiger partial charge in [0.2, 0.25) is 0 Å². The molecule has 120 valence electrons. The Morgan fingerprint density at radius 2 is 2.05 bits per heavy atom. The molecule has 0 bridgehead atoms. The van der Waals surface area contributed by atoms with Crippen LogP contribution in [0.25, 0.3) is 0 Å². The molecule has 1 heterocycles. The normalized spacial score (nSPS) is 23.1. The second-order valence-electron chi connectivity index (χ2n) is 6.85. The van der Waals surface area contributed by atoms with E-state index in [1.165, 1.54) is 51.7 Å². The zero-order chi connectivity index (χ0) is 14.8. The van der Waals surface area contributed by atoms with E-state index < -0.39 is 0 Å².